The fourth-order valence-electron chi connectivity index (χ4n) is 3.13. The molecule has 0 bridgehead atoms. The standard InChI is InChI=1S/C17H21N5O5S/c23-21(24)14-9-13(10-15(11-14)22(25)26)12-28-17-19-18-16(27-17)5-4-8-20-6-2-1-3-7-20/h9-11H,1-8,12H2. The van der Waals surface area contributed by atoms with Crippen molar-refractivity contribution in [1.29, 1.82) is 0 Å². The van der Waals surface area contributed by atoms with Gasteiger partial charge in [-0.1, -0.05) is 18.2 Å². The predicted octanol–water partition coefficient (Wildman–Crippen LogP) is 3.60. The molecule has 0 amide bonds. The highest BCUT2D eigenvalue weighted by Gasteiger charge is 2.17. The Labute approximate surface area is 165 Å². The quantitative estimate of drug-likeness (QED) is 0.348. The van der Waals surface area contributed by atoms with Crippen LogP contribution >= 0.6 is 11.8 Å². The van der Waals surface area contributed by atoms with E-state index in [4.69, 9.17) is 4.42 Å². The Balaban J connectivity index is 1.52. The Bertz CT molecular complexity index is 805. The summed E-state index contributed by atoms with van der Waals surface area (Å²) in [4.78, 5) is 23.1. The van der Waals surface area contributed by atoms with E-state index in [9.17, 15) is 20.2 Å². The first-order valence-corrected chi connectivity index (χ1v) is 10.1. The van der Waals surface area contributed by atoms with Crippen molar-refractivity contribution < 1.29 is 14.3 Å². The van der Waals surface area contributed by atoms with Gasteiger partial charge in [-0.3, -0.25) is 20.2 Å². The van der Waals surface area contributed by atoms with E-state index in [1.807, 2.05) is 0 Å². The number of non-ortho nitro benzene ring substituents is 2. The van der Waals surface area contributed by atoms with Gasteiger partial charge in [-0.15, -0.1) is 10.2 Å². The van der Waals surface area contributed by atoms with Crippen LogP contribution in [-0.2, 0) is 12.2 Å². The maximum atomic E-state index is 11.0. The number of aromatic nitrogens is 2. The minimum Gasteiger partial charge on any atom is -0.416 e. The molecule has 28 heavy (non-hydrogen) atoms. The van der Waals surface area contributed by atoms with Crippen LogP contribution in [0.4, 0.5) is 11.4 Å². The Morgan fingerprint density at radius 2 is 1.71 bits per heavy atom. The predicted molar refractivity (Wildman–Crippen MR) is 102 cm³/mol. The molecule has 0 radical (unpaired) electrons. The van der Waals surface area contributed by atoms with Gasteiger partial charge >= 0.3 is 0 Å². The lowest BCUT2D eigenvalue weighted by Crippen LogP contribution is -2.30. The summed E-state index contributed by atoms with van der Waals surface area (Å²) < 4.78 is 5.60. The van der Waals surface area contributed by atoms with Gasteiger partial charge in [-0.05, 0) is 44.5 Å². The minimum absolute atomic E-state index is 0.262. The van der Waals surface area contributed by atoms with Gasteiger partial charge in [0.2, 0.25) is 5.89 Å². The fraction of sp³-hybridized carbons (Fsp3) is 0.529. The van der Waals surface area contributed by atoms with E-state index in [0.717, 1.165) is 32.1 Å². The largest absolute Gasteiger partial charge is 0.416 e. The number of benzene rings is 1. The van der Waals surface area contributed by atoms with Gasteiger partial charge in [0.1, 0.15) is 0 Å². The van der Waals surface area contributed by atoms with Gasteiger partial charge in [0.15, 0.2) is 0 Å². The third-order valence-electron chi connectivity index (χ3n) is 4.51. The van der Waals surface area contributed by atoms with Crippen LogP contribution in [0.1, 0.15) is 37.1 Å². The van der Waals surface area contributed by atoms with Crippen molar-refractivity contribution in [1.82, 2.24) is 15.1 Å². The third-order valence-corrected chi connectivity index (χ3v) is 5.40. The third kappa shape index (κ3) is 5.73. The smallest absolute Gasteiger partial charge is 0.276 e. The molecule has 0 atom stereocenters. The second kappa shape index (κ2) is 9.60. The SMILES string of the molecule is O=[N+]([O-])c1cc(CSc2nnc(CCCN3CCCCC3)o2)cc([N+](=O)[O-])c1. The van der Waals surface area contributed by atoms with Crippen LogP contribution < -0.4 is 0 Å². The van der Waals surface area contributed by atoms with Gasteiger partial charge < -0.3 is 9.32 Å². The average molecular weight is 407 g/mol. The van der Waals surface area contributed by atoms with Crippen molar-refractivity contribution in [2.24, 2.45) is 0 Å². The summed E-state index contributed by atoms with van der Waals surface area (Å²) in [5.41, 5.74) is -0.168. The molecule has 10 nitrogen and oxygen atoms in total. The lowest BCUT2D eigenvalue weighted by Gasteiger charge is -2.25. The molecule has 3 rings (SSSR count). The van der Waals surface area contributed by atoms with Gasteiger partial charge in [-0.25, -0.2) is 0 Å². The number of hydrogen-bond donors (Lipinski definition) is 0. The van der Waals surface area contributed by atoms with Crippen molar-refractivity contribution in [2.45, 2.75) is 43.1 Å². The summed E-state index contributed by atoms with van der Waals surface area (Å²) in [6.07, 6.45) is 5.48. The van der Waals surface area contributed by atoms with E-state index in [-0.39, 0.29) is 17.1 Å². The highest BCUT2D eigenvalue weighted by molar-refractivity contribution is 7.98. The Morgan fingerprint density at radius 3 is 2.36 bits per heavy atom. The molecular weight excluding hydrogens is 386 g/mol. The zero-order valence-electron chi connectivity index (χ0n) is 15.3. The topological polar surface area (TPSA) is 128 Å². The number of nitro benzene ring substituents is 2. The summed E-state index contributed by atoms with van der Waals surface area (Å²) in [7, 11) is 0. The average Bonchev–Trinajstić information content (AvgIpc) is 3.14. The van der Waals surface area contributed by atoms with E-state index in [1.165, 1.54) is 43.2 Å². The molecule has 2 heterocycles. The van der Waals surface area contributed by atoms with Gasteiger partial charge in [0.25, 0.3) is 16.6 Å². The lowest BCUT2D eigenvalue weighted by atomic mass is 10.1. The maximum Gasteiger partial charge on any atom is 0.276 e. The van der Waals surface area contributed by atoms with Gasteiger partial charge in [0.05, 0.1) is 15.9 Å². The van der Waals surface area contributed by atoms with Crippen LogP contribution in [0, 0.1) is 20.2 Å². The fourth-order valence-corrected chi connectivity index (χ4v) is 3.84. The summed E-state index contributed by atoms with van der Waals surface area (Å²) in [6.45, 7) is 3.32. The molecule has 1 aromatic heterocycles. The number of hydrogen-bond acceptors (Lipinski definition) is 9. The Hall–Kier alpha value is -2.53. The molecule has 0 spiro atoms. The molecule has 0 unspecified atom stereocenters. The monoisotopic (exact) mass is 407 g/mol. The van der Waals surface area contributed by atoms with Crippen LogP contribution in [0.3, 0.4) is 0 Å². The van der Waals surface area contributed by atoms with Crippen molar-refractivity contribution in [3.05, 3.63) is 49.9 Å². The number of likely N-dealkylation sites (tertiary alicyclic amines) is 1. The van der Waals surface area contributed by atoms with E-state index < -0.39 is 9.85 Å². The molecule has 1 fully saturated rings. The van der Waals surface area contributed by atoms with Crippen molar-refractivity contribution in [3.8, 4) is 0 Å². The van der Waals surface area contributed by atoms with Gasteiger partial charge in [0, 0.05) is 24.3 Å². The highest BCUT2D eigenvalue weighted by Crippen LogP contribution is 2.28. The van der Waals surface area contributed by atoms with Crippen molar-refractivity contribution in [2.75, 3.05) is 19.6 Å². The second-order valence-electron chi connectivity index (χ2n) is 6.63. The van der Waals surface area contributed by atoms with Crippen LogP contribution in [0.2, 0.25) is 0 Å². The number of thioether (sulfide) groups is 1. The molecule has 1 aliphatic rings. The molecule has 0 saturated carbocycles. The molecule has 0 aliphatic carbocycles. The number of nitrogens with zero attached hydrogens (tertiary/aromatic N) is 5. The summed E-state index contributed by atoms with van der Waals surface area (Å²) in [5.74, 6) is 0.822. The second-order valence-corrected chi connectivity index (χ2v) is 7.55. The zero-order valence-corrected chi connectivity index (χ0v) is 16.1. The van der Waals surface area contributed by atoms with E-state index in [0.29, 0.717) is 23.1 Å². The molecule has 1 saturated heterocycles. The van der Waals surface area contributed by atoms with E-state index in [1.54, 1.807) is 0 Å². The summed E-state index contributed by atoms with van der Waals surface area (Å²) >= 11 is 1.20. The van der Waals surface area contributed by atoms with Crippen molar-refractivity contribution >= 4 is 23.1 Å². The zero-order chi connectivity index (χ0) is 19.9. The lowest BCUT2D eigenvalue weighted by molar-refractivity contribution is -0.394. The first-order valence-electron chi connectivity index (χ1n) is 9.11. The number of rotatable bonds is 9. The van der Waals surface area contributed by atoms with Crippen LogP contribution in [-0.4, -0.2) is 44.6 Å². The van der Waals surface area contributed by atoms with E-state index >= 15 is 0 Å². The van der Waals surface area contributed by atoms with Crippen molar-refractivity contribution in [3.63, 3.8) is 0 Å². The molecular formula is C17H21N5O5S. The maximum absolute atomic E-state index is 11.0. The summed E-state index contributed by atoms with van der Waals surface area (Å²) in [5, 5.41) is 30.3. The minimum atomic E-state index is -0.645. The van der Waals surface area contributed by atoms with E-state index in [2.05, 4.69) is 15.1 Å². The number of aryl methyl sites for hydroxylation is 1. The Kier molecular flexibility index (Phi) is 6.93. The summed E-state index contributed by atoms with van der Waals surface area (Å²) in [6, 6.07) is 3.58. The van der Waals surface area contributed by atoms with Crippen LogP contribution in [0.15, 0.2) is 27.8 Å². The van der Waals surface area contributed by atoms with Crippen LogP contribution in [0.5, 0.6) is 0 Å². The van der Waals surface area contributed by atoms with Crippen LogP contribution in [0.25, 0.3) is 0 Å². The first-order chi connectivity index (χ1) is 13.5. The highest BCUT2D eigenvalue weighted by atomic mass is 32.2. The normalized spacial score (nSPS) is 14.9. The molecule has 1 aliphatic heterocycles. The molecule has 0 N–H and O–H groups in total. The molecule has 150 valence electrons. The molecule has 1 aromatic carbocycles. The molecule has 11 heteroatoms. The molecule has 2 aromatic rings. The number of piperidine rings is 1. The van der Waals surface area contributed by atoms with Gasteiger partial charge in [-0.2, -0.15) is 0 Å². The first kappa shape index (κ1) is 20.2. The Morgan fingerprint density at radius 1 is 1.04 bits per heavy atom. The number of nitro groups is 2.